The molecule has 0 aromatic heterocycles. The summed E-state index contributed by atoms with van der Waals surface area (Å²) in [5, 5.41) is 0. The van der Waals surface area contributed by atoms with Gasteiger partial charge in [-0.05, 0) is 34.1 Å². The smallest absolute Gasteiger partial charge is 1.00 e. The molecule has 0 amide bonds. The number of hydrogen-bond acceptors (Lipinski definition) is 9. The molecule has 0 N–H and O–H groups in total. The van der Waals surface area contributed by atoms with Gasteiger partial charge in [0.2, 0.25) is 5.60 Å². The third-order valence-electron chi connectivity index (χ3n) is 7.01. The quantitative estimate of drug-likeness (QED) is 0.0341. The van der Waals surface area contributed by atoms with E-state index in [2.05, 4.69) is 6.92 Å². The second-order valence-electron chi connectivity index (χ2n) is 10.6. The van der Waals surface area contributed by atoms with E-state index in [0.29, 0.717) is 6.42 Å². The SMILES string of the molecule is CCCCCCCCCCCCCCCCCC(=O)OC(CC(=O)OCC)(C(=O)OCC)C(C(C)=O)C(=O)OCC.[Ca+2].[H-].[H-]. The molecule has 0 saturated heterocycles. The molecule has 42 heavy (non-hydrogen) atoms. The maximum absolute atomic E-state index is 13.1. The van der Waals surface area contributed by atoms with Crippen molar-refractivity contribution >= 4 is 67.4 Å². The zero-order valence-corrected chi connectivity index (χ0v) is 29.3. The van der Waals surface area contributed by atoms with Crippen LogP contribution < -0.4 is 0 Å². The van der Waals surface area contributed by atoms with Gasteiger partial charge in [-0.2, -0.15) is 0 Å². The standard InChI is InChI=1S/C32H56O9.Ca.2H/c1-6-10-11-12-13-14-15-16-17-18-19-20-21-22-23-24-27(34)41-32(31(37)40-9-4,25-28(35)38-7-2)29(26(5)33)30(36)39-8-3;;;/h29H,6-25H2,1-5H3;;;/q;+2;2*-1. The molecule has 0 spiro atoms. The summed E-state index contributed by atoms with van der Waals surface area (Å²) < 4.78 is 20.6. The largest absolute Gasteiger partial charge is 2.00 e. The maximum Gasteiger partial charge on any atom is 2.00 e. The number of carbonyl (C=O) groups excluding carboxylic acids is 5. The second kappa shape index (κ2) is 27.4. The van der Waals surface area contributed by atoms with Gasteiger partial charge in [-0.3, -0.25) is 19.2 Å². The van der Waals surface area contributed by atoms with Gasteiger partial charge in [0.15, 0.2) is 5.92 Å². The van der Waals surface area contributed by atoms with Crippen molar-refractivity contribution in [2.24, 2.45) is 5.92 Å². The molecule has 0 aliphatic rings. The minimum Gasteiger partial charge on any atom is -1.00 e. The maximum atomic E-state index is 13.1. The number of ether oxygens (including phenoxy) is 4. The van der Waals surface area contributed by atoms with Gasteiger partial charge in [0.1, 0.15) is 5.78 Å². The molecule has 2 unspecified atom stereocenters. The number of unbranched alkanes of at least 4 members (excludes halogenated alkanes) is 14. The van der Waals surface area contributed by atoms with Crippen LogP contribution in [0.1, 0.15) is 147 Å². The van der Waals surface area contributed by atoms with E-state index in [9.17, 15) is 24.0 Å². The molecule has 0 aliphatic carbocycles. The van der Waals surface area contributed by atoms with Gasteiger partial charge in [-0.1, -0.05) is 96.8 Å². The minimum atomic E-state index is -2.51. The van der Waals surface area contributed by atoms with Crippen molar-refractivity contribution < 1.29 is 45.8 Å². The fourth-order valence-electron chi connectivity index (χ4n) is 4.91. The molecule has 2 atom stereocenters. The molecule has 10 heteroatoms. The Morgan fingerprint density at radius 2 is 1.02 bits per heavy atom. The first kappa shape index (κ1) is 42.9. The van der Waals surface area contributed by atoms with E-state index < -0.39 is 47.6 Å². The average Bonchev–Trinajstić information content (AvgIpc) is 2.91. The molecule has 0 aromatic rings. The van der Waals surface area contributed by atoms with E-state index in [1.165, 1.54) is 78.1 Å². The summed E-state index contributed by atoms with van der Waals surface area (Å²) in [7, 11) is 0. The second-order valence-corrected chi connectivity index (χ2v) is 10.6. The van der Waals surface area contributed by atoms with E-state index in [1.807, 2.05) is 0 Å². The molecule has 0 aliphatic heterocycles. The Labute approximate surface area is 286 Å². The molecular formula is C32H58CaO9. The van der Waals surface area contributed by atoms with Crippen molar-refractivity contribution in [1.82, 2.24) is 0 Å². The normalized spacial score (nSPS) is 12.8. The van der Waals surface area contributed by atoms with Gasteiger partial charge in [-0.15, -0.1) is 0 Å². The predicted molar refractivity (Wildman–Crippen MR) is 165 cm³/mol. The Morgan fingerprint density at radius 3 is 1.43 bits per heavy atom. The van der Waals surface area contributed by atoms with Crippen LogP contribution in [0.3, 0.4) is 0 Å². The first-order valence-corrected chi connectivity index (χ1v) is 15.9. The molecule has 0 fully saturated rings. The van der Waals surface area contributed by atoms with Crippen LogP contribution >= 0.6 is 0 Å². The summed E-state index contributed by atoms with van der Waals surface area (Å²) in [5.74, 6) is -6.59. The van der Waals surface area contributed by atoms with Crippen LogP contribution in [0, 0.1) is 5.92 Å². The van der Waals surface area contributed by atoms with Crippen molar-refractivity contribution in [2.75, 3.05) is 19.8 Å². The molecule has 0 rings (SSSR count). The molecule has 0 radical (unpaired) electrons. The van der Waals surface area contributed by atoms with E-state index in [4.69, 9.17) is 18.9 Å². The Morgan fingerprint density at radius 1 is 0.595 bits per heavy atom. The fraction of sp³-hybridized carbons (Fsp3) is 0.844. The topological polar surface area (TPSA) is 122 Å². The van der Waals surface area contributed by atoms with Crippen LogP contribution in [-0.4, -0.2) is 92.8 Å². The van der Waals surface area contributed by atoms with Gasteiger partial charge in [0.05, 0.1) is 26.2 Å². The summed E-state index contributed by atoms with van der Waals surface area (Å²) in [4.78, 5) is 63.9. The van der Waals surface area contributed by atoms with E-state index >= 15 is 0 Å². The van der Waals surface area contributed by atoms with Gasteiger partial charge in [0.25, 0.3) is 0 Å². The Kier molecular flexibility index (Phi) is 28.0. The third-order valence-corrected chi connectivity index (χ3v) is 7.01. The molecule has 0 saturated carbocycles. The number of hydrogen-bond donors (Lipinski definition) is 0. The van der Waals surface area contributed by atoms with Crippen molar-refractivity contribution in [3.63, 3.8) is 0 Å². The molecule has 242 valence electrons. The Hall–Kier alpha value is -1.19. The molecular weight excluding hydrogens is 568 g/mol. The number of esters is 4. The van der Waals surface area contributed by atoms with Crippen molar-refractivity contribution in [1.29, 1.82) is 0 Å². The summed E-state index contributed by atoms with van der Waals surface area (Å²) in [6.45, 7) is 7.75. The van der Waals surface area contributed by atoms with Crippen molar-refractivity contribution in [2.45, 2.75) is 149 Å². The van der Waals surface area contributed by atoms with Crippen molar-refractivity contribution in [3.05, 3.63) is 0 Å². The number of carbonyl (C=O) groups is 5. The van der Waals surface area contributed by atoms with Crippen LogP contribution in [0.15, 0.2) is 0 Å². The molecule has 9 nitrogen and oxygen atoms in total. The minimum absolute atomic E-state index is 0. The van der Waals surface area contributed by atoms with Crippen LogP contribution in [0.25, 0.3) is 0 Å². The zero-order chi connectivity index (χ0) is 30.9. The summed E-state index contributed by atoms with van der Waals surface area (Å²) in [6.07, 6.45) is 16.8. The number of ketones is 1. The summed E-state index contributed by atoms with van der Waals surface area (Å²) in [5.41, 5.74) is -2.51. The van der Waals surface area contributed by atoms with E-state index in [-0.39, 0.29) is 66.8 Å². The number of Topliss-reactive ketones (excluding diaryl/α,β-unsaturated/α-hetero) is 1. The van der Waals surface area contributed by atoms with Crippen LogP contribution in [0.4, 0.5) is 0 Å². The molecule has 0 bridgehead atoms. The fourth-order valence-corrected chi connectivity index (χ4v) is 4.91. The van der Waals surface area contributed by atoms with Gasteiger partial charge >= 0.3 is 61.6 Å². The Balaban J connectivity index is -0.00000267. The molecule has 0 heterocycles. The van der Waals surface area contributed by atoms with E-state index in [1.54, 1.807) is 6.92 Å². The first-order valence-electron chi connectivity index (χ1n) is 15.9. The van der Waals surface area contributed by atoms with E-state index in [0.717, 1.165) is 32.6 Å². The van der Waals surface area contributed by atoms with Gasteiger partial charge in [0, 0.05) is 6.42 Å². The predicted octanol–water partition coefficient (Wildman–Crippen LogP) is 6.66. The Bertz CT molecular complexity index is 783. The number of rotatable bonds is 26. The van der Waals surface area contributed by atoms with Crippen LogP contribution in [0.5, 0.6) is 0 Å². The van der Waals surface area contributed by atoms with Crippen molar-refractivity contribution in [3.8, 4) is 0 Å². The molecule has 0 aromatic carbocycles. The van der Waals surface area contributed by atoms with Crippen LogP contribution in [0.2, 0.25) is 0 Å². The monoisotopic (exact) mass is 626 g/mol. The summed E-state index contributed by atoms with van der Waals surface area (Å²) in [6, 6.07) is 0. The van der Waals surface area contributed by atoms with Crippen LogP contribution in [-0.2, 0) is 42.9 Å². The van der Waals surface area contributed by atoms with Gasteiger partial charge in [-0.25, -0.2) is 4.79 Å². The summed E-state index contributed by atoms with van der Waals surface area (Å²) >= 11 is 0. The third kappa shape index (κ3) is 18.5. The zero-order valence-electron chi connectivity index (χ0n) is 29.1. The first-order chi connectivity index (χ1) is 19.7. The van der Waals surface area contributed by atoms with Gasteiger partial charge < -0.3 is 21.8 Å². The average molecular weight is 627 g/mol.